The van der Waals surface area contributed by atoms with Gasteiger partial charge in [0.25, 0.3) is 5.91 Å². The summed E-state index contributed by atoms with van der Waals surface area (Å²) in [6.45, 7) is 4.72. The van der Waals surface area contributed by atoms with Crippen molar-refractivity contribution in [1.29, 1.82) is 0 Å². The Bertz CT molecular complexity index is 767. The summed E-state index contributed by atoms with van der Waals surface area (Å²) in [6, 6.07) is 5.32. The zero-order chi connectivity index (χ0) is 15.5. The van der Waals surface area contributed by atoms with Crippen molar-refractivity contribution in [2.75, 3.05) is 0 Å². The van der Waals surface area contributed by atoms with Gasteiger partial charge in [-0.05, 0) is 24.1 Å². The molecule has 0 aliphatic heterocycles. The predicted molar refractivity (Wildman–Crippen MR) is 83.5 cm³/mol. The molecule has 0 spiro atoms. The summed E-state index contributed by atoms with van der Waals surface area (Å²) in [5.74, 6) is 0.159. The maximum atomic E-state index is 12.5. The van der Waals surface area contributed by atoms with Crippen LogP contribution in [0.3, 0.4) is 0 Å². The fourth-order valence-corrected chi connectivity index (χ4v) is 2.65. The first-order valence-electron chi connectivity index (χ1n) is 7.01. The van der Waals surface area contributed by atoms with E-state index in [4.69, 9.17) is 0 Å². The lowest BCUT2D eigenvalue weighted by Gasteiger charge is -2.22. The van der Waals surface area contributed by atoms with E-state index in [0.29, 0.717) is 12.1 Å². The molecule has 2 heterocycles. The van der Waals surface area contributed by atoms with Crippen LogP contribution in [0.15, 0.2) is 30.6 Å². The minimum absolute atomic E-state index is 0.0292. The summed E-state index contributed by atoms with van der Waals surface area (Å²) in [5.41, 5.74) is 2.14. The molecule has 0 saturated carbocycles. The lowest BCUT2D eigenvalue weighted by molar-refractivity contribution is 0.0919. The van der Waals surface area contributed by atoms with Gasteiger partial charge in [0.1, 0.15) is 11.0 Å². The number of hydrogen-bond acceptors (Lipinski definition) is 6. The summed E-state index contributed by atoms with van der Waals surface area (Å²) in [6.07, 6.45) is 3.41. The van der Waals surface area contributed by atoms with Gasteiger partial charge >= 0.3 is 0 Å². The molecule has 1 aromatic carbocycles. The van der Waals surface area contributed by atoms with E-state index in [1.54, 1.807) is 29.2 Å². The standard InChI is InChI=1S/C14H16N6OS/c1-9(2)13(8-20-6-5-15-19-20)16-14(21)10-3-4-11-12(7-10)18-22-17-11/h3-7,9,13H,8H2,1-2H3,(H,16,21)/t13-/m0/s1. The van der Waals surface area contributed by atoms with E-state index >= 15 is 0 Å². The molecule has 3 aromatic rings. The molecule has 0 fully saturated rings. The molecule has 1 N–H and O–H groups in total. The molecule has 1 amide bonds. The first-order valence-corrected chi connectivity index (χ1v) is 7.74. The van der Waals surface area contributed by atoms with Gasteiger partial charge in [0, 0.05) is 11.8 Å². The number of carbonyl (C=O) groups excluding carboxylic acids is 1. The second kappa shape index (κ2) is 6.18. The van der Waals surface area contributed by atoms with E-state index in [9.17, 15) is 4.79 Å². The van der Waals surface area contributed by atoms with Crippen molar-refractivity contribution in [1.82, 2.24) is 29.1 Å². The van der Waals surface area contributed by atoms with Crippen molar-refractivity contribution in [3.8, 4) is 0 Å². The second-order valence-corrected chi connectivity index (χ2v) is 5.95. The molecular formula is C14H16N6OS. The van der Waals surface area contributed by atoms with Crippen LogP contribution >= 0.6 is 11.7 Å². The molecule has 7 nitrogen and oxygen atoms in total. The zero-order valence-corrected chi connectivity index (χ0v) is 13.1. The number of fused-ring (bicyclic) bond motifs is 1. The normalized spacial score (nSPS) is 12.7. The van der Waals surface area contributed by atoms with Crippen molar-refractivity contribution >= 4 is 28.7 Å². The van der Waals surface area contributed by atoms with Gasteiger partial charge in [-0.25, -0.2) is 0 Å². The molecule has 0 saturated heterocycles. The van der Waals surface area contributed by atoms with E-state index in [1.807, 2.05) is 6.07 Å². The number of nitrogens with one attached hydrogen (secondary N) is 1. The number of hydrogen-bond donors (Lipinski definition) is 1. The number of benzene rings is 1. The molecule has 0 aliphatic rings. The Morgan fingerprint density at radius 3 is 2.86 bits per heavy atom. The third-order valence-corrected chi connectivity index (χ3v) is 4.05. The van der Waals surface area contributed by atoms with Crippen molar-refractivity contribution in [3.63, 3.8) is 0 Å². The summed E-state index contributed by atoms with van der Waals surface area (Å²) < 4.78 is 10.0. The predicted octanol–water partition coefficient (Wildman–Crippen LogP) is 1.74. The Balaban J connectivity index is 1.75. The Morgan fingerprint density at radius 2 is 2.14 bits per heavy atom. The van der Waals surface area contributed by atoms with Gasteiger partial charge in [0.2, 0.25) is 0 Å². The van der Waals surface area contributed by atoms with Crippen molar-refractivity contribution in [2.24, 2.45) is 5.92 Å². The maximum Gasteiger partial charge on any atom is 0.251 e. The molecule has 3 rings (SSSR count). The first kappa shape index (κ1) is 14.6. The number of amides is 1. The van der Waals surface area contributed by atoms with Crippen molar-refractivity contribution in [2.45, 2.75) is 26.4 Å². The van der Waals surface area contributed by atoms with Gasteiger partial charge in [-0.2, -0.15) is 8.75 Å². The summed E-state index contributed by atoms with van der Waals surface area (Å²) in [5, 5.41) is 10.8. The molecule has 0 aliphatic carbocycles. The van der Waals surface area contributed by atoms with Crippen LogP contribution < -0.4 is 5.32 Å². The lowest BCUT2D eigenvalue weighted by Crippen LogP contribution is -2.41. The van der Waals surface area contributed by atoms with E-state index in [0.717, 1.165) is 22.8 Å². The highest BCUT2D eigenvalue weighted by molar-refractivity contribution is 7.00. The minimum atomic E-state index is -0.117. The zero-order valence-electron chi connectivity index (χ0n) is 12.3. The fourth-order valence-electron chi connectivity index (χ4n) is 2.13. The molecule has 1 atom stereocenters. The third kappa shape index (κ3) is 3.11. The fraction of sp³-hybridized carbons (Fsp3) is 0.357. The van der Waals surface area contributed by atoms with Gasteiger partial charge < -0.3 is 5.32 Å². The van der Waals surface area contributed by atoms with E-state index in [-0.39, 0.29) is 17.9 Å². The van der Waals surface area contributed by atoms with Gasteiger partial charge in [0.05, 0.1) is 30.5 Å². The second-order valence-electron chi connectivity index (χ2n) is 5.42. The van der Waals surface area contributed by atoms with Crippen molar-refractivity contribution in [3.05, 3.63) is 36.2 Å². The Morgan fingerprint density at radius 1 is 1.32 bits per heavy atom. The van der Waals surface area contributed by atoms with Crippen LogP contribution in [0.2, 0.25) is 0 Å². The molecular weight excluding hydrogens is 300 g/mol. The highest BCUT2D eigenvalue weighted by Gasteiger charge is 2.18. The highest BCUT2D eigenvalue weighted by Crippen LogP contribution is 2.14. The van der Waals surface area contributed by atoms with Crippen molar-refractivity contribution < 1.29 is 4.79 Å². The van der Waals surface area contributed by atoms with Crippen LogP contribution in [0.5, 0.6) is 0 Å². The quantitative estimate of drug-likeness (QED) is 0.775. The van der Waals surface area contributed by atoms with Crippen LogP contribution in [-0.2, 0) is 6.54 Å². The monoisotopic (exact) mass is 316 g/mol. The number of rotatable bonds is 5. The van der Waals surface area contributed by atoms with E-state index < -0.39 is 0 Å². The Kier molecular flexibility index (Phi) is 4.10. The molecule has 114 valence electrons. The average molecular weight is 316 g/mol. The van der Waals surface area contributed by atoms with Gasteiger partial charge in [-0.3, -0.25) is 9.48 Å². The van der Waals surface area contributed by atoms with E-state index in [1.165, 1.54) is 0 Å². The van der Waals surface area contributed by atoms with Crippen LogP contribution in [0.1, 0.15) is 24.2 Å². The summed E-state index contributed by atoms with van der Waals surface area (Å²) in [7, 11) is 0. The molecule has 2 aromatic heterocycles. The topological polar surface area (TPSA) is 85.6 Å². The molecule has 0 bridgehead atoms. The number of aromatic nitrogens is 5. The van der Waals surface area contributed by atoms with Crippen LogP contribution in [0.4, 0.5) is 0 Å². The highest BCUT2D eigenvalue weighted by atomic mass is 32.1. The van der Waals surface area contributed by atoms with Crippen LogP contribution in [0.25, 0.3) is 11.0 Å². The Hall–Kier alpha value is -2.35. The van der Waals surface area contributed by atoms with Gasteiger partial charge in [-0.15, -0.1) is 5.10 Å². The largest absolute Gasteiger partial charge is 0.347 e. The number of nitrogens with zero attached hydrogens (tertiary/aromatic N) is 5. The summed E-state index contributed by atoms with van der Waals surface area (Å²) in [4.78, 5) is 12.5. The third-order valence-electron chi connectivity index (χ3n) is 3.49. The van der Waals surface area contributed by atoms with Gasteiger partial charge in [-0.1, -0.05) is 19.1 Å². The lowest BCUT2D eigenvalue weighted by atomic mass is 10.0. The molecule has 22 heavy (non-hydrogen) atoms. The SMILES string of the molecule is CC(C)[C@H](Cn1ccnn1)NC(=O)c1ccc2nsnc2c1. The molecule has 0 unspecified atom stereocenters. The van der Waals surface area contributed by atoms with Crippen LogP contribution in [0, 0.1) is 5.92 Å². The van der Waals surface area contributed by atoms with E-state index in [2.05, 4.69) is 38.2 Å². The van der Waals surface area contributed by atoms with Crippen LogP contribution in [-0.4, -0.2) is 35.7 Å². The first-order chi connectivity index (χ1) is 10.6. The maximum absolute atomic E-state index is 12.5. The minimum Gasteiger partial charge on any atom is -0.347 e. The number of carbonyl (C=O) groups is 1. The average Bonchev–Trinajstić information content (AvgIpc) is 3.16. The van der Waals surface area contributed by atoms with Gasteiger partial charge in [0.15, 0.2) is 0 Å². The molecule has 8 heteroatoms. The molecule has 0 radical (unpaired) electrons. The summed E-state index contributed by atoms with van der Waals surface area (Å²) >= 11 is 1.14. The smallest absolute Gasteiger partial charge is 0.251 e. The Labute approximate surface area is 131 Å².